The number of fused-ring (bicyclic) bond motifs is 2. The van der Waals surface area contributed by atoms with Gasteiger partial charge in [-0.25, -0.2) is 17.5 Å². The monoisotopic (exact) mass is 516 g/mol. The summed E-state index contributed by atoms with van der Waals surface area (Å²) in [5.74, 6) is -0.463. The first-order valence-electron chi connectivity index (χ1n) is 11.9. The van der Waals surface area contributed by atoms with E-state index in [-0.39, 0.29) is 6.54 Å². The highest BCUT2D eigenvalue weighted by Gasteiger charge is 2.16. The molecular weight excluding hydrogens is 491 g/mol. The number of nitrogens with zero attached hydrogens (tertiary/aromatic N) is 2. The van der Waals surface area contributed by atoms with Gasteiger partial charge in [0.25, 0.3) is 0 Å². The van der Waals surface area contributed by atoms with Gasteiger partial charge in [0.05, 0.1) is 23.2 Å². The Labute approximate surface area is 213 Å². The molecule has 10 heteroatoms. The van der Waals surface area contributed by atoms with Crippen LogP contribution >= 0.6 is 0 Å². The molecule has 0 radical (unpaired) electrons. The lowest BCUT2D eigenvalue weighted by Gasteiger charge is -2.14. The third-order valence-corrected chi connectivity index (χ3v) is 7.24. The van der Waals surface area contributed by atoms with Gasteiger partial charge in [-0.05, 0) is 72.1 Å². The average molecular weight is 517 g/mol. The number of nitrogens with one attached hydrogen (secondary N) is 4. The van der Waals surface area contributed by atoms with Crippen molar-refractivity contribution >= 4 is 37.4 Å². The van der Waals surface area contributed by atoms with E-state index < -0.39 is 15.8 Å². The highest BCUT2D eigenvalue weighted by Crippen LogP contribution is 2.34. The summed E-state index contributed by atoms with van der Waals surface area (Å²) in [7, 11) is -3.41. The third kappa shape index (κ3) is 4.78. The van der Waals surface area contributed by atoms with Crippen LogP contribution in [0.4, 0.5) is 4.39 Å². The summed E-state index contributed by atoms with van der Waals surface area (Å²) in [6, 6.07) is 14.7. The van der Waals surface area contributed by atoms with Gasteiger partial charge in [0.1, 0.15) is 11.5 Å². The van der Waals surface area contributed by atoms with E-state index in [1.807, 2.05) is 12.1 Å². The van der Waals surface area contributed by atoms with Gasteiger partial charge in [0, 0.05) is 41.1 Å². The maximum Gasteiger partial charge on any atom is 0.209 e. The van der Waals surface area contributed by atoms with Crippen LogP contribution < -0.4 is 10.0 Å². The fraction of sp³-hybridized carbons (Fsp3) is 0.185. The number of halogens is 1. The second-order valence-corrected chi connectivity index (χ2v) is 11.1. The minimum absolute atomic E-state index is 0.00789. The SMILES string of the molecule is CS(=O)(=O)NCc1cc(F)cc(-c2nccc3[nH]c(-c4n[nH]c5ccc(C6=CCNCC6)cc45)cc23)c1. The first-order valence-corrected chi connectivity index (χ1v) is 13.8. The number of H-pyrrole nitrogens is 2. The molecule has 188 valence electrons. The Kier molecular flexibility index (Phi) is 5.86. The molecule has 0 aliphatic carbocycles. The molecule has 0 saturated heterocycles. The summed E-state index contributed by atoms with van der Waals surface area (Å²) >= 11 is 0. The van der Waals surface area contributed by atoms with Crippen molar-refractivity contribution in [2.24, 2.45) is 0 Å². The Bertz CT molecular complexity index is 1790. The molecule has 0 fully saturated rings. The smallest absolute Gasteiger partial charge is 0.209 e. The number of aromatic amines is 2. The van der Waals surface area contributed by atoms with Gasteiger partial charge in [-0.2, -0.15) is 5.10 Å². The van der Waals surface area contributed by atoms with E-state index in [0.29, 0.717) is 16.8 Å². The lowest BCUT2D eigenvalue weighted by atomic mass is 9.98. The van der Waals surface area contributed by atoms with Crippen molar-refractivity contribution < 1.29 is 12.8 Å². The number of hydrogen-bond donors (Lipinski definition) is 4. The number of hydrogen-bond acceptors (Lipinski definition) is 5. The Morgan fingerprint density at radius 3 is 2.68 bits per heavy atom. The van der Waals surface area contributed by atoms with Crippen LogP contribution in [-0.2, 0) is 16.6 Å². The van der Waals surface area contributed by atoms with Crippen molar-refractivity contribution in [3.63, 3.8) is 0 Å². The molecule has 3 aromatic heterocycles. The number of sulfonamides is 1. The molecule has 6 rings (SSSR count). The van der Waals surface area contributed by atoms with E-state index in [0.717, 1.165) is 59.0 Å². The molecule has 0 bridgehead atoms. The second-order valence-electron chi connectivity index (χ2n) is 9.26. The quantitative estimate of drug-likeness (QED) is 0.268. The molecule has 1 aliphatic rings. The van der Waals surface area contributed by atoms with Crippen LogP contribution in [-0.4, -0.2) is 47.9 Å². The number of pyridine rings is 1. The van der Waals surface area contributed by atoms with E-state index in [2.05, 4.69) is 54.5 Å². The molecule has 4 heterocycles. The minimum Gasteiger partial charge on any atom is -0.353 e. The topological polar surface area (TPSA) is 116 Å². The molecule has 0 unspecified atom stereocenters. The van der Waals surface area contributed by atoms with Gasteiger partial charge in [0.2, 0.25) is 10.0 Å². The Morgan fingerprint density at radius 1 is 1.00 bits per heavy atom. The summed E-state index contributed by atoms with van der Waals surface area (Å²) in [4.78, 5) is 7.97. The summed E-state index contributed by atoms with van der Waals surface area (Å²) in [5.41, 5.74) is 7.58. The van der Waals surface area contributed by atoms with Crippen LogP contribution in [0.15, 0.2) is 60.8 Å². The molecule has 37 heavy (non-hydrogen) atoms. The fourth-order valence-corrected chi connectivity index (χ4v) is 5.25. The summed E-state index contributed by atoms with van der Waals surface area (Å²) < 4.78 is 39.9. The van der Waals surface area contributed by atoms with Gasteiger partial charge in [-0.3, -0.25) is 10.1 Å². The lowest BCUT2D eigenvalue weighted by Crippen LogP contribution is -2.21. The highest BCUT2D eigenvalue weighted by atomic mass is 32.2. The van der Waals surface area contributed by atoms with Crippen LogP contribution in [0.1, 0.15) is 17.5 Å². The van der Waals surface area contributed by atoms with Gasteiger partial charge in [-0.1, -0.05) is 12.1 Å². The molecule has 0 amide bonds. The zero-order valence-corrected chi connectivity index (χ0v) is 20.9. The lowest BCUT2D eigenvalue weighted by molar-refractivity contribution is 0.586. The normalized spacial score (nSPS) is 14.4. The van der Waals surface area contributed by atoms with Crippen LogP contribution in [0.25, 0.3) is 50.0 Å². The van der Waals surface area contributed by atoms with Crippen molar-refractivity contribution in [1.82, 2.24) is 30.2 Å². The van der Waals surface area contributed by atoms with E-state index in [4.69, 9.17) is 0 Å². The number of rotatable bonds is 6. The number of benzene rings is 2. The summed E-state index contributed by atoms with van der Waals surface area (Å²) in [6.45, 7) is 1.83. The molecular formula is C27H25FN6O2S. The highest BCUT2D eigenvalue weighted by molar-refractivity contribution is 7.88. The van der Waals surface area contributed by atoms with Crippen molar-refractivity contribution in [3.05, 3.63) is 77.7 Å². The van der Waals surface area contributed by atoms with Gasteiger partial charge >= 0.3 is 0 Å². The van der Waals surface area contributed by atoms with E-state index in [9.17, 15) is 12.8 Å². The van der Waals surface area contributed by atoms with E-state index in [1.54, 1.807) is 12.3 Å². The Morgan fingerprint density at radius 2 is 1.86 bits per heavy atom. The molecule has 8 nitrogen and oxygen atoms in total. The van der Waals surface area contributed by atoms with Crippen LogP contribution in [0, 0.1) is 5.82 Å². The summed E-state index contributed by atoms with van der Waals surface area (Å²) in [6.07, 6.45) is 5.95. The average Bonchev–Trinajstić information content (AvgIpc) is 3.51. The van der Waals surface area contributed by atoms with Crippen LogP contribution in [0.5, 0.6) is 0 Å². The Balaban J connectivity index is 1.42. The molecule has 5 aromatic rings. The zero-order chi connectivity index (χ0) is 25.6. The van der Waals surface area contributed by atoms with Crippen molar-refractivity contribution in [1.29, 1.82) is 0 Å². The van der Waals surface area contributed by atoms with E-state index in [1.165, 1.54) is 23.3 Å². The minimum atomic E-state index is -3.41. The molecule has 0 saturated carbocycles. The first kappa shape index (κ1) is 23.5. The van der Waals surface area contributed by atoms with Crippen molar-refractivity contribution in [2.45, 2.75) is 13.0 Å². The summed E-state index contributed by atoms with van der Waals surface area (Å²) in [5, 5.41) is 12.9. The largest absolute Gasteiger partial charge is 0.353 e. The first-order chi connectivity index (χ1) is 17.8. The standard InChI is InChI=1S/C27H25FN6O2S/c1-37(35,36)31-15-16-10-19(12-20(28)11-16)26-22-14-25(32-23(22)6-9-30-26)27-21-13-18(2-3-24(21)33-34-27)17-4-7-29-8-5-17/h2-4,6,9-14,29,31-32H,5,7-8,15H2,1H3,(H,33,34). The fourth-order valence-electron chi connectivity index (χ4n) is 4.82. The van der Waals surface area contributed by atoms with Gasteiger partial charge in [0.15, 0.2) is 0 Å². The van der Waals surface area contributed by atoms with Crippen molar-refractivity contribution in [2.75, 3.05) is 19.3 Å². The van der Waals surface area contributed by atoms with E-state index >= 15 is 0 Å². The van der Waals surface area contributed by atoms with Gasteiger partial charge < -0.3 is 10.3 Å². The second kappa shape index (κ2) is 9.22. The zero-order valence-electron chi connectivity index (χ0n) is 20.1. The molecule has 0 atom stereocenters. The molecule has 2 aromatic carbocycles. The van der Waals surface area contributed by atoms with Crippen molar-refractivity contribution in [3.8, 4) is 22.6 Å². The number of aromatic nitrogens is 4. The van der Waals surface area contributed by atoms with Gasteiger partial charge in [-0.15, -0.1) is 0 Å². The predicted octanol–water partition coefficient (Wildman–Crippen LogP) is 4.34. The molecule has 1 aliphatic heterocycles. The maximum absolute atomic E-state index is 14.5. The maximum atomic E-state index is 14.5. The third-order valence-electron chi connectivity index (χ3n) is 6.57. The Hall–Kier alpha value is -3.86. The van der Waals surface area contributed by atoms with Crippen LogP contribution in [0.3, 0.4) is 0 Å². The molecule has 4 N–H and O–H groups in total. The molecule has 0 spiro atoms. The predicted molar refractivity (Wildman–Crippen MR) is 144 cm³/mol. The van der Waals surface area contributed by atoms with Crippen LogP contribution in [0.2, 0.25) is 0 Å².